The number of amides is 1. The average molecular weight is 412 g/mol. The number of carbonyl (C=O) groups excluding carboxylic acids is 1. The number of benzene rings is 2. The molecule has 2 N–H and O–H groups in total. The van der Waals surface area contributed by atoms with E-state index in [0.29, 0.717) is 42.0 Å². The maximum absolute atomic E-state index is 12.2. The van der Waals surface area contributed by atoms with Crippen LogP contribution in [0.25, 0.3) is 0 Å². The van der Waals surface area contributed by atoms with E-state index in [-0.39, 0.29) is 5.91 Å². The molecule has 0 spiro atoms. The van der Waals surface area contributed by atoms with Crippen molar-refractivity contribution in [1.82, 2.24) is 5.32 Å². The standard InChI is InChI=1S/C20H24Cl2N2O3/c1-4-27-18-8-5-14(9-19(18)26-3)12-24(2)13-20(25)23-11-15-6-7-16(21)10-17(15)22/h5-10H,4,11-13H2,1-3H3,(H,23,25)/p+1. The molecule has 2 aromatic carbocycles. The quantitative estimate of drug-likeness (QED) is 0.666. The van der Waals surface area contributed by atoms with Crippen LogP contribution >= 0.6 is 23.2 Å². The second-order valence-electron chi connectivity index (χ2n) is 6.24. The van der Waals surface area contributed by atoms with Crippen molar-refractivity contribution in [3.8, 4) is 11.5 Å². The smallest absolute Gasteiger partial charge is 0.275 e. The largest absolute Gasteiger partial charge is 0.493 e. The Balaban J connectivity index is 1.87. The molecule has 5 nitrogen and oxygen atoms in total. The Labute approximate surface area is 170 Å². The van der Waals surface area contributed by atoms with E-state index in [2.05, 4.69) is 5.32 Å². The maximum Gasteiger partial charge on any atom is 0.275 e. The third kappa shape index (κ3) is 6.61. The van der Waals surface area contributed by atoms with Crippen LogP contribution in [0.2, 0.25) is 10.0 Å². The topological polar surface area (TPSA) is 52.0 Å². The van der Waals surface area contributed by atoms with E-state index in [1.807, 2.05) is 38.2 Å². The number of ether oxygens (including phenoxy) is 2. The second kappa shape index (κ2) is 10.4. The van der Waals surface area contributed by atoms with Crippen molar-refractivity contribution in [3.05, 3.63) is 57.6 Å². The van der Waals surface area contributed by atoms with Gasteiger partial charge in [-0.2, -0.15) is 0 Å². The van der Waals surface area contributed by atoms with Crippen LogP contribution in [0.15, 0.2) is 36.4 Å². The molecule has 0 bridgehead atoms. The van der Waals surface area contributed by atoms with Crippen LogP contribution < -0.4 is 19.7 Å². The molecule has 0 heterocycles. The van der Waals surface area contributed by atoms with E-state index >= 15 is 0 Å². The molecule has 1 unspecified atom stereocenters. The molecule has 2 rings (SSSR count). The Kier molecular flexibility index (Phi) is 8.23. The number of quaternary nitrogens is 1. The van der Waals surface area contributed by atoms with Gasteiger partial charge in [0.2, 0.25) is 0 Å². The Bertz CT molecular complexity index is 784. The number of hydrogen-bond donors (Lipinski definition) is 2. The molecule has 0 saturated heterocycles. The summed E-state index contributed by atoms with van der Waals surface area (Å²) in [5.74, 6) is 1.37. The van der Waals surface area contributed by atoms with Crippen LogP contribution in [0.1, 0.15) is 18.1 Å². The fourth-order valence-electron chi connectivity index (χ4n) is 2.70. The third-order valence-electron chi connectivity index (χ3n) is 3.99. The fourth-order valence-corrected chi connectivity index (χ4v) is 3.18. The Morgan fingerprint density at radius 1 is 1.15 bits per heavy atom. The molecule has 1 atom stereocenters. The lowest BCUT2D eigenvalue weighted by Gasteiger charge is -2.16. The molecule has 0 aliphatic carbocycles. The van der Waals surface area contributed by atoms with Crippen molar-refractivity contribution < 1.29 is 19.2 Å². The molecular weight excluding hydrogens is 387 g/mol. The molecule has 0 aromatic heterocycles. The molecule has 0 saturated carbocycles. The summed E-state index contributed by atoms with van der Waals surface area (Å²) in [6.07, 6.45) is 0. The molecule has 146 valence electrons. The SMILES string of the molecule is CCOc1ccc(C[NH+](C)CC(=O)NCc2ccc(Cl)cc2Cl)cc1OC. The highest BCUT2D eigenvalue weighted by Crippen LogP contribution is 2.27. The molecule has 1 amide bonds. The predicted molar refractivity (Wildman–Crippen MR) is 108 cm³/mol. The Morgan fingerprint density at radius 2 is 1.93 bits per heavy atom. The molecule has 0 fully saturated rings. The minimum absolute atomic E-state index is 0.0450. The molecular formula is C20H25Cl2N2O3+. The number of methoxy groups -OCH3 is 1. The number of rotatable bonds is 9. The molecule has 27 heavy (non-hydrogen) atoms. The fraction of sp³-hybridized carbons (Fsp3) is 0.350. The van der Waals surface area contributed by atoms with Crippen molar-refractivity contribution in [2.24, 2.45) is 0 Å². The van der Waals surface area contributed by atoms with Crippen LogP contribution in [-0.4, -0.2) is 33.2 Å². The van der Waals surface area contributed by atoms with Gasteiger partial charge in [-0.05, 0) is 42.8 Å². The Hall–Kier alpha value is -1.95. The van der Waals surface area contributed by atoms with Crippen LogP contribution in [0.4, 0.5) is 0 Å². The van der Waals surface area contributed by atoms with Crippen molar-refractivity contribution in [3.63, 3.8) is 0 Å². The van der Waals surface area contributed by atoms with Gasteiger partial charge in [-0.1, -0.05) is 29.3 Å². The summed E-state index contributed by atoms with van der Waals surface area (Å²) < 4.78 is 10.9. The van der Waals surface area contributed by atoms with Gasteiger partial charge in [0.05, 0.1) is 20.8 Å². The van der Waals surface area contributed by atoms with Crippen molar-refractivity contribution in [1.29, 1.82) is 0 Å². The Morgan fingerprint density at radius 3 is 2.59 bits per heavy atom. The second-order valence-corrected chi connectivity index (χ2v) is 7.08. The van der Waals surface area contributed by atoms with Crippen molar-refractivity contribution in [2.75, 3.05) is 27.3 Å². The molecule has 0 radical (unpaired) electrons. The zero-order valence-electron chi connectivity index (χ0n) is 15.8. The first-order valence-electron chi connectivity index (χ1n) is 8.74. The van der Waals surface area contributed by atoms with Gasteiger partial charge in [-0.3, -0.25) is 4.79 Å². The van der Waals surface area contributed by atoms with E-state index in [9.17, 15) is 4.79 Å². The first-order chi connectivity index (χ1) is 12.9. The van der Waals surface area contributed by atoms with E-state index in [4.69, 9.17) is 32.7 Å². The minimum atomic E-state index is -0.0450. The monoisotopic (exact) mass is 411 g/mol. The maximum atomic E-state index is 12.2. The van der Waals surface area contributed by atoms with Gasteiger partial charge in [0.25, 0.3) is 5.91 Å². The summed E-state index contributed by atoms with van der Waals surface area (Å²) in [6, 6.07) is 11.1. The highest BCUT2D eigenvalue weighted by atomic mass is 35.5. The predicted octanol–water partition coefficient (Wildman–Crippen LogP) is 2.73. The summed E-state index contributed by atoms with van der Waals surface area (Å²) >= 11 is 12.0. The van der Waals surface area contributed by atoms with Crippen LogP contribution in [0.5, 0.6) is 11.5 Å². The summed E-state index contributed by atoms with van der Waals surface area (Å²) in [7, 11) is 3.59. The van der Waals surface area contributed by atoms with Gasteiger partial charge < -0.3 is 19.7 Å². The first-order valence-corrected chi connectivity index (χ1v) is 9.50. The molecule has 0 aliphatic rings. The van der Waals surface area contributed by atoms with Crippen LogP contribution in [0.3, 0.4) is 0 Å². The summed E-state index contributed by atoms with van der Waals surface area (Å²) in [6.45, 7) is 3.93. The molecule has 0 aliphatic heterocycles. The van der Waals surface area contributed by atoms with Crippen molar-refractivity contribution >= 4 is 29.1 Å². The lowest BCUT2D eigenvalue weighted by atomic mass is 10.2. The van der Waals surface area contributed by atoms with E-state index in [1.165, 1.54) is 0 Å². The number of halogens is 2. The highest BCUT2D eigenvalue weighted by Gasteiger charge is 2.13. The highest BCUT2D eigenvalue weighted by molar-refractivity contribution is 6.35. The number of likely N-dealkylation sites (N-methyl/N-ethyl adjacent to an activating group) is 1. The first kappa shape index (κ1) is 21.4. The summed E-state index contributed by atoms with van der Waals surface area (Å²) in [4.78, 5) is 13.3. The average Bonchev–Trinajstić information content (AvgIpc) is 2.62. The van der Waals surface area contributed by atoms with Gasteiger partial charge in [-0.15, -0.1) is 0 Å². The van der Waals surface area contributed by atoms with E-state index < -0.39 is 0 Å². The number of nitrogens with one attached hydrogen (secondary N) is 2. The minimum Gasteiger partial charge on any atom is -0.493 e. The lowest BCUT2D eigenvalue weighted by molar-refractivity contribution is -0.885. The van der Waals surface area contributed by atoms with Crippen LogP contribution in [-0.2, 0) is 17.9 Å². The molecule has 7 heteroatoms. The lowest BCUT2D eigenvalue weighted by Crippen LogP contribution is -3.08. The van der Waals surface area contributed by atoms with Gasteiger partial charge >= 0.3 is 0 Å². The van der Waals surface area contributed by atoms with Gasteiger partial charge in [-0.25, -0.2) is 0 Å². The van der Waals surface area contributed by atoms with Crippen molar-refractivity contribution in [2.45, 2.75) is 20.0 Å². The van der Waals surface area contributed by atoms with Crippen LogP contribution in [0, 0.1) is 0 Å². The van der Waals surface area contributed by atoms with E-state index in [1.54, 1.807) is 19.2 Å². The number of carbonyl (C=O) groups is 1. The third-order valence-corrected chi connectivity index (χ3v) is 4.57. The van der Waals surface area contributed by atoms with Gasteiger partial charge in [0.15, 0.2) is 18.0 Å². The number of hydrogen-bond acceptors (Lipinski definition) is 3. The summed E-state index contributed by atoms with van der Waals surface area (Å²) in [5.41, 5.74) is 1.91. The van der Waals surface area contributed by atoms with Gasteiger partial charge in [0.1, 0.15) is 6.54 Å². The zero-order chi connectivity index (χ0) is 19.8. The van der Waals surface area contributed by atoms with E-state index in [0.717, 1.165) is 21.8 Å². The van der Waals surface area contributed by atoms with Gasteiger partial charge in [0, 0.05) is 22.2 Å². The zero-order valence-corrected chi connectivity index (χ0v) is 17.3. The normalized spacial score (nSPS) is 11.7. The summed E-state index contributed by atoms with van der Waals surface area (Å²) in [5, 5.41) is 4.01. The molecule has 2 aromatic rings.